The lowest BCUT2D eigenvalue weighted by Gasteiger charge is -2.24. The Hall–Kier alpha value is -3.53. The number of para-hydroxylation sites is 2. The van der Waals surface area contributed by atoms with Crippen molar-refractivity contribution in [2.45, 2.75) is 46.7 Å². The smallest absolute Gasteiger partial charge is 0.0878 e. The number of hydrogen-bond donors (Lipinski definition) is 1. The Balaban J connectivity index is 1.66. The first-order chi connectivity index (χ1) is 15.4. The third-order valence-corrected chi connectivity index (χ3v) is 6.49. The maximum atomic E-state index is 6.00. The lowest BCUT2D eigenvalue weighted by Crippen LogP contribution is -2.18. The molecule has 0 fully saturated rings. The van der Waals surface area contributed by atoms with Gasteiger partial charge in [0, 0.05) is 29.0 Å². The van der Waals surface area contributed by atoms with Crippen molar-refractivity contribution in [2.75, 3.05) is 10.6 Å². The molecule has 5 rings (SSSR count). The van der Waals surface area contributed by atoms with Crippen LogP contribution in [0.25, 0.3) is 16.9 Å². The molecule has 0 bridgehead atoms. The van der Waals surface area contributed by atoms with Gasteiger partial charge in [0.15, 0.2) is 0 Å². The summed E-state index contributed by atoms with van der Waals surface area (Å²) < 4.78 is 2.16. The van der Waals surface area contributed by atoms with E-state index < -0.39 is 0 Å². The van der Waals surface area contributed by atoms with Crippen LogP contribution in [0.15, 0.2) is 66.7 Å². The van der Waals surface area contributed by atoms with E-state index in [0.717, 1.165) is 30.0 Å². The summed E-state index contributed by atoms with van der Waals surface area (Å²) in [5.74, 6) is 0.477. The topological polar surface area (TPSA) is 47.1 Å². The quantitative estimate of drug-likeness (QED) is 0.388. The van der Waals surface area contributed by atoms with Crippen LogP contribution in [0.1, 0.15) is 47.7 Å². The van der Waals surface area contributed by atoms with Crippen LogP contribution < -0.4 is 10.6 Å². The Kier molecular flexibility index (Phi) is 5.01. The third kappa shape index (κ3) is 3.36. The Bertz CT molecular complexity index is 1260. The van der Waals surface area contributed by atoms with Crippen LogP contribution in [0.2, 0.25) is 0 Å². The minimum atomic E-state index is 0.477. The fourth-order valence-corrected chi connectivity index (χ4v) is 4.89. The Labute approximate surface area is 190 Å². The van der Waals surface area contributed by atoms with Crippen LogP contribution in [-0.4, -0.2) is 9.78 Å². The molecule has 4 nitrogen and oxygen atoms in total. The number of nitrogen functional groups attached to an aromatic ring is 1. The monoisotopic (exact) mass is 422 g/mol. The van der Waals surface area contributed by atoms with E-state index in [0.29, 0.717) is 5.92 Å². The van der Waals surface area contributed by atoms with Gasteiger partial charge in [-0.25, -0.2) is 4.68 Å². The highest BCUT2D eigenvalue weighted by Crippen LogP contribution is 2.39. The molecule has 0 spiro atoms. The van der Waals surface area contributed by atoms with E-state index in [1.165, 1.54) is 39.3 Å². The summed E-state index contributed by atoms with van der Waals surface area (Å²) in [6.45, 7) is 10.5. The minimum absolute atomic E-state index is 0.477. The molecule has 1 aliphatic rings. The molecule has 2 heterocycles. The molecule has 0 atom stereocenters. The summed E-state index contributed by atoms with van der Waals surface area (Å²) in [6, 6.07) is 23.4. The highest BCUT2D eigenvalue weighted by Gasteiger charge is 2.30. The van der Waals surface area contributed by atoms with E-state index in [-0.39, 0.29) is 0 Å². The van der Waals surface area contributed by atoms with Gasteiger partial charge in [0.1, 0.15) is 0 Å². The fraction of sp³-hybridized carbons (Fsp3) is 0.250. The number of benzene rings is 3. The van der Waals surface area contributed by atoms with Gasteiger partial charge >= 0.3 is 0 Å². The molecular weight excluding hydrogens is 392 g/mol. The number of hydrogen-bond acceptors (Lipinski definition) is 3. The maximum absolute atomic E-state index is 6.00. The van der Waals surface area contributed by atoms with Gasteiger partial charge in [-0.2, -0.15) is 5.10 Å². The molecule has 162 valence electrons. The van der Waals surface area contributed by atoms with Crippen molar-refractivity contribution < 1.29 is 0 Å². The van der Waals surface area contributed by atoms with Crippen molar-refractivity contribution in [1.29, 1.82) is 0 Å². The lowest BCUT2D eigenvalue weighted by atomic mass is 10.0. The van der Waals surface area contributed by atoms with Crippen LogP contribution in [-0.2, 0) is 13.1 Å². The van der Waals surface area contributed by atoms with Crippen LogP contribution >= 0.6 is 0 Å². The number of aryl methyl sites for hydroxylation is 2. The number of fused-ring (bicyclic) bond motifs is 1. The molecule has 4 heteroatoms. The molecule has 0 aliphatic carbocycles. The molecule has 2 N–H and O–H groups in total. The van der Waals surface area contributed by atoms with E-state index in [1.807, 2.05) is 12.1 Å². The van der Waals surface area contributed by atoms with Crippen molar-refractivity contribution in [2.24, 2.45) is 0 Å². The largest absolute Gasteiger partial charge is 0.399 e. The molecule has 3 aromatic carbocycles. The average Bonchev–Trinajstić information content (AvgIpc) is 3.32. The second-order valence-corrected chi connectivity index (χ2v) is 9.12. The first kappa shape index (κ1) is 20.4. The van der Waals surface area contributed by atoms with Gasteiger partial charge in [0.25, 0.3) is 0 Å². The zero-order valence-electron chi connectivity index (χ0n) is 19.3. The predicted molar refractivity (Wildman–Crippen MR) is 133 cm³/mol. The average molecular weight is 423 g/mol. The molecular formula is C28H30N4. The lowest BCUT2D eigenvalue weighted by molar-refractivity contribution is 0.777. The number of nitrogens with zero attached hydrogens (tertiary/aromatic N) is 3. The maximum Gasteiger partial charge on any atom is 0.0878 e. The second-order valence-electron chi connectivity index (χ2n) is 9.12. The predicted octanol–water partition coefficient (Wildman–Crippen LogP) is 6.38. The van der Waals surface area contributed by atoms with Gasteiger partial charge in [-0.15, -0.1) is 0 Å². The van der Waals surface area contributed by atoms with Gasteiger partial charge < -0.3 is 10.6 Å². The molecule has 4 aromatic rings. The van der Waals surface area contributed by atoms with E-state index in [2.05, 4.69) is 91.9 Å². The SMILES string of the molecule is Cc1cccc(C)c1-n1nc2c(c1-c1ccc(N)cc1)CN(c1ccccc1C(C)C)C2. The summed E-state index contributed by atoms with van der Waals surface area (Å²) in [4.78, 5) is 2.46. The zero-order chi connectivity index (χ0) is 22.4. The Morgan fingerprint density at radius 1 is 0.844 bits per heavy atom. The molecule has 0 unspecified atom stereocenters. The van der Waals surface area contributed by atoms with Gasteiger partial charge in [-0.3, -0.25) is 0 Å². The summed E-state index contributed by atoms with van der Waals surface area (Å²) in [6.07, 6.45) is 0. The van der Waals surface area contributed by atoms with Gasteiger partial charge in [0.2, 0.25) is 0 Å². The molecule has 0 amide bonds. The van der Waals surface area contributed by atoms with Crippen molar-refractivity contribution in [3.63, 3.8) is 0 Å². The van der Waals surface area contributed by atoms with Crippen LogP contribution in [0.3, 0.4) is 0 Å². The fourth-order valence-electron chi connectivity index (χ4n) is 4.89. The molecule has 1 aromatic heterocycles. The molecule has 0 radical (unpaired) electrons. The first-order valence-electron chi connectivity index (χ1n) is 11.3. The van der Waals surface area contributed by atoms with Crippen molar-refractivity contribution in [1.82, 2.24) is 9.78 Å². The molecule has 0 saturated heterocycles. The minimum Gasteiger partial charge on any atom is -0.399 e. The first-order valence-corrected chi connectivity index (χ1v) is 11.3. The molecule has 32 heavy (non-hydrogen) atoms. The standard InChI is InChI=1S/C28H30N4/c1-18(2)23-10-5-6-11-26(23)31-16-24-25(17-31)30-32(27-19(3)8-7-9-20(27)4)28(24)21-12-14-22(29)15-13-21/h5-15,18H,16-17,29H2,1-4H3. The van der Waals surface area contributed by atoms with Crippen LogP contribution in [0.4, 0.5) is 11.4 Å². The van der Waals surface area contributed by atoms with Crippen molar-refractivity contribution in [3.05, 3.63) is 94.7 Å². The number of aromatic nitrogens is 2. The summed E-state index contributed by atoms with van der Waals surface area (Å²) >= 11 is 0. The highest BCUT2D eigenvalue weighted by molar-refractivity contribution is 5.72. The Morgan fingerprint density at radius 2 is 1.53 bits per heavy atom. The van der Waals surface area contributed by atoms with Crippen molar-refractivity contribution >= 4 is 11.4 Å². The van der Waals surface area contributed by atoms with E-state index in [4.69, 9.17) is 10.8 Å². The van der Waals surface area contributed by atoms with Crippen LogP contribution in [0.5, 0.6) is 0 Å². The van der Waals surface area contributed by atoms with E-state index in [1.54, 1.807) is 0 Å². The number of nitrogens with two attached hydrogens (primary N) is 1. The van der Waals surface area contributed by atoms with Gasteiger partial charge in [-0.05, 0) is 54.7 Å². The molecule has 0 saturated carbocycles. The zero-order valence-corrected chi connectivity index (χ0v) is 19.3. The molecule has 1 aliphatic heterocycles. The Morgan fingerprint density at radius 3 is 2.22 bits per heavy atom. The summed E-state index contributed by atoms with van der Waals surface area (Å²) in [5, 5.41) is 5.18. The number of rotatable bonds is 4. The summed E-state index contributed by atoms with van der Waals surface area (Å²) in [5.41, 5.74) is 17.9. The third-order valence-electron chi connectivity index (χ3n) is 6.49. The van der Waals surface area contributed by atoms with E-state index >= 15 is 0 Å². The van der Waals surface area contributed by atoms with Crippen molar-refractivity contribution in [3.8, 4) is 16.9 Å². The van der Waals surface area contributed by atoms with Gasteiger partial charge in [0.05, 0.1) is 23.6 Å². The number of anilines is 2. The highest BCUT2D eigenvalue weighted by atomic mass is 15.3. The van der Waals surface area contributed by atoms with Gasteiger partial charge in [-0.1, -0.05) is 62.4 Å². The summed E-state index contributed by atoms with van der Waals surface area (Å²) in [7, 11) is 0. The second kappa shape index (κ2) is 7.86. The van der Waals surface area contributed by atoms with Crippen LogP contribution in [0, 0.1) is 13.8 Å². The van der Waals surface area contributed by atoms with E-state index in [9.17, 15) is 0 Å². The normalized spacial score (nSPS) is 13.1.